The van der Waals surface area contributed by atoms with Crippen LogP contribution in [0.1, 0.15) is 68.9 Å². The van der Waals surface area contributed by atoms with Crippen molar-refractivity contribution in [3.05, 3.63) is 64.5 Å². The normalized spacial score (nSPS) is 16.0. The Morgan fingerprint density at radius 1 is 0.688 bits per heavy atom. The maximum Gasteiger partial charge on any atom is 0.315 e. The summed E-state index contributed by atoms with van der Waals surface area (Å²) < 4.78 is 71.4. The SMILES string of the molecule is O=C(Cc1ccc(CC2CCCCCCCCC2)cc1)Oc1c(F)c(F)c(F)c(F)c1F. The third kappa shape index (κ3) is 6.30. The van der Waals surface area contributed by atoms with E-state index in [1.54, 1.807) is 12.1 Å². The van der Waals surface area contributed by atoms with Crippen LogP contribution >= 0.6 is 0 Å². The Morgan fingerprint density at radius 3 is 1.66 bits per heavy atom. The Kier molecular flexibility index (Phi) is 8.65. The van der Waals surface area contributed by atoms with E-state index in [9.17, 15) is 26.7 Å². The molecule has 0 aliphatic heterocycles. The maximum atomic E-state index is 13.7. The molecule has 3 rings (SSSR count). The predicted molar refractivity (Wildman–Crippen MR) is 111 cm³/mol. The van der Waals surface area contributed by atoms with E-state index < -0.39 is 40.8 Å². The third-order valence-electron chi connectivity index (χ3n) is 6.01. The summed E-state index contributed by atoms with van der Waals surface area (Å²) in [6.07, 6.45) is 12.0. The van der Waals surface area contributed by atoms with Gasteiger partial charge in [-0.2, -0.15) is 8.78 Å². The minimum absolute atomic E-state index is 0.358. The summed E-state index contributed by atoms with van der Waals surface area (Å²) in [5, 5.41) is 0. The van der Waals surface area contributed by atoms with E-state index in [2.05, 4.69) is 4.74 Å². The summed E-state index contributed by atoms with van der Waals surface area (Å²) >= 11 is 0. The number of rotatable bonds is 5. The highest BCUT2D eigenvalue weighted by Crippen LogP contribution is 2.29. The van der Waals surface area contributed by atoms with E-state index >= 15 is 0 Å². The monoisotopic (exact) mass is 454 g/mol. The zero-order valence-corrected chi connectivity index (χ0v) is 17.9. The molecule has 0 spiro atoms. The van der Waals surface area contributed by atoms with Crippen LogP contribution in [0.25, 0.3) is 0 Å². The maximum absolute atomic E-state index is 13.7. The van der Waals surface area contributed by atoms with Crippen LogP contribution in [0.5, 0.6) is 5.75 Å². The molecule has 0 heterocycles. The number of esters is 1. The first kappa shape index (κ1) is 24.2. The first-order valence-corrected chi connectivity index (χ1v) is 11.2. The van der Waals surface area contributed by atoms with Gasteiger partial charge >= 0.3 is 5.97 Å². The topological polar surface area (TPSA) is 26.3 Å². The van der Waals surface area contributed by atoms with Crippen molar-refractivity contribution >= 4 is 5.97 Å². The molecule has 7 heteroatoms. The standard InChI is InChI=1S/C25H27F5O2/c26-20-21(27)23(29)25(24(30)22(20)28)32-19(31)15-18-12-10-17(11-13-18)14-16-8-6-4-2-1-3-5-7-9-16/h10-13,16H,1-9,14-15H2. The molecular weight excluding hydrogens is 427 g/mol. The van der Waals surface area contributed by atoms with Crippen LogP contribution in [0.3, 0.4) is 0 Å². The summed E-state index contributed by atoms with van der Waals surface area (Å²) in [4.78, 5) is 12.0. The van der Waals surface area contributed by atoms with Gasteiger partial charge in [0.1, 0.15) is 0 Å². The van der Waals surface area contributed by atoms with Gasteiger partial charge in [0.05, 0.1) is 6.42 Å². The largest absolute Gasteiger partial charge is 0.420 e. The van der Waals surface area contributed by atoms with Crippen molar-refractivity contribution in [2.75, 3.05) is 0 Å². The van der Waals surface area contributed by atoms with Gasteiger partial charge in [0.25, 0.3) is 0 Å². The number of ether oxygens (including phenoxy) is 1. The number of benzene rings is 2. The number of carbonyl (C=O) groups is 1. The van der Waals surface area contributed by atoms with Crippen molar-refractivity contribution in [1.82, 2.24) is 0 Å². The molecule has 0 aromatic heterocycles. The molecule has 0 saturated heterocycles. The lowest BCUT2D eigenvalue weighted by Crippen LogP contribution is -2.15. The fourth-order valence-electron chi connectivity index (χ4n) is 4.22. The van der Waals surface area contributed by atoms with Crippen molar-refractivity contribution in [3.63, 3.8) is 0 Å². The Balaban J connectivity index is 1.59. The highest BCUT2D eigenvalue weighted by molar-refractivity contribution is 5.75. The van der Waals surface area contributed by atoms with Crippen LogP contribution in [-0.2, 0) is 17.6 Å². The van der Waals surface area contributed by atoms with Crippen LogP contribution in [0.4, 0.5) is 22.0 Å². The molecule has 0 unspecified atom stereocenters. The van der Waals surface area contributed by atoms with E-state index in [0.717, 1.165) is 12.0 Å². The lowest BCUT2D eigenvalue weighted by molar-refractivity contribution is -0.134. The summed E-state index contributed by atoms with van der Waals surface area (Å²) in [6, 6.07) is 7.24. The van der Waals surface area contributed by atoms with E-state index in [1.165, 1.54) is 57.8 Å². The van der Waals surface area contributed by atoms with Crippen LogP contribution in [0.2, 0.25) is 0 Å². The molecule has 1 aliphatic carbocycles. The third-order valence-corrected chi connectivity index (χ3v) is 6.01. The Labute approximate surface area is 184 Å². The van der Waals surface area contributed by atoms with E-state index in [1.807, 2.05) is 12.1 Å². The molecule has 0 radical (unpaired) electrons. The van der Waals surface area contributed by atoms with Gasteiger partial charge in [-0.25, -0.2) is 13.2 Å². The molecular formula is C25H27F5O2. The summed E-state index contributed by atoms with van der Waals surface area (Å²) in [5.74, 6) is -13.0. The number of hydrogen-bond donors (Lipinski definition) is 0. The van der Waals surface area contributed by atoms with Gasteiger partial charge in [0.2, 0.25) is 34.8 Å². The molecule has 174 valence electrons. The molecule has 1 fully saturated rings. The fraction of sp³-hybridized carbons (Fsp3) is 0.480. The molecule has 0 bridgehead atoms. The molecule has 0 N–H and O–H groups in total. The van der Waals surface area contributed by atoms with Gasteiger partial charge in [0.15, 0.2) is 0 Å². The second kappa shape index (κ2) is 11.4. The molecule has 1 saturated carbocycles. The molecule has 2 aromatic carbocycles. The average molecular weight is 454 g/mol. The van der Waals surface area contributed by atoms with Gasteiger partial charge < -0.3 is 4.74 Å². The van der Waals surface area contributed by atoms with E-state index in [-0.39, 0.29) is 6.42 Å². The van der Waals surface area contributed by atoms with Crippen molar-refractivity contribution < 1.29 is 31.5 Å². The highest BCUT2D eigenvalue weighted by atomic mass is 19.2. The smallest absolute Gasteiger partial charge is 0.315 e. The van der Waals surface area contributed by atoms with Gasteiger partial charge in [0, 0.05) is 0 Å². The Morgan fingerprint density at radius 2 is 1.12 bits per heavy atom. The second-order valence-corrected chi connectivity index (χ2v) is 8.49. The second-order valence-electron chi connectivity index (χ2n) is 8.49. The van der Waals surface area contributed by atoms with Crippen LogP contribution < -0.4 is 4.74 Å². The van der Waals surface area contributed by atoms with Crippen molar-refractivity contribution in [2.24, 2.45) is 5.92 Å². The average Bonchev–Trinajstić information content (AvgIpc) is 2.79. The summed E-state index contributed by atoms with van der Waals surface area (Å²) in [5.41, 5.74) is 1.66. The summed E-state index contributed by atoms with van der Waals surface area (Å²) in [6.45, 7) is 0. The number of hydrogen-bond acceptors (Lipinski definition) is 2. The van der Waals surface area contributed by atoms with Crippen molar-refractivity contribution in [2.45, 2.75) is 70.6 Å². The van der Waals surface area contributed by atoms with Crippen molar-refractivity contribution in [3.8, 4) is 5.75 Å². The first-order valence-electron chi connectivity index (χ1n) is 11.2. The highest BCUT2D eigenvalue weighted by Gasteiger charge is 2.28. The molecule has 2 nitrogen and oxygen atoms in total. The number of halogens is 5. The van der Waals surface area contributed by atoms with Gasteiger partial charge in [-0.1, -0.05) is 82.1 Å². The van der Waals surface area contributed by atoms with Crippen LogP contribution in [0.15, 0.2) is 24.3 Å². The summed E-state index contributed by atoms with van der Waals surface area (Å²) in [7, 11) is 0. The predicted octanol–water partition coefficient (Wildman–Crippen LogP) is 7.21. The van der Waals surface area contributed by atoms with Gasteiger partial charge in [-0.3, -0.25) is 4.79 Å². The molecule has 0 atom stereocenters. The zero-order chi connectivity index (χ0) is 23.1. The van der Waals surface area contributed by atoms with Crippen molar-refractivity contribution in [1.29, 1.82) is 0 Å². The lowest BCUT2D eigenvalue weighted by atomic mass is 9.87. The minimum atomic E-state index is -2.30. The molecule has 0 amide bonds. The number of carbonyl (C=O) groups excluding carboxylic acids is 1. The molecule has 32 heavy (non-hydrogen) atoms. The van der Waals surface area contributed by atoms with Crippen LogP contribution in [0, 0.1) is 35.0 Å². The Bertz CT molecular complexity index is 888. The lowest BCUT2D eigenvalue weighted by Gasteiger charge is -2.18. The van der Waals surface area contributed by atoms with Crippen LogP contribution in [-0.4, -0.2) is 5.97 Å². The van der Waals surface area contributed by atoms with Gasteiger partial charge in [-0.15, -0.1) is 0 Å². The fourth-order valence-corrected chi connectivity index (χ4v) is 4.22. The Hall–Kier alpha value is -2.44. The van der Waals surface area contributed by atoms with Gasteiger partial charge in [-0.05, 0) is 23.5 Å². The first-order chi connectivity index (χ1) is 15.4. The molecule has 2 aromatic rings. The zero-order valence-electron chi connectivity index (χ0n) is 17.9. The van der Waals surface area contributed by atoms with E-state index in [4.69, 9.17) is 0 Å². The minimum Gasteiger partial charge on any atom is -0.420 e. The molecule has 1 aliphatic rings. The van der Waals surface area contributed by atoms with E-state index in [0.29, 0.717) is 11.5 Å². The quantitative estimate of drug-likeness (QED) is 0.157.